The van der Waals surface area contributed by atoms with Crippen molar-refractivity contribution >= 4 is 24.5 Å². The van der Waals surface area contributed by atoms with Gasteiger partial charge in [-0.2, -0.15) is 0 Å². The number of hydrogen-bond donors (Lipinski definition) is 0. The van der Waals surface area contributed by atoms with Crippen molar-refractivity contribution in [3.63, 3.8) is 0 Å². The highest BCUT2D eigenvalue weighted by molar-refractivity contribution is 8.27. The lowest BCUT2D eigenvalue weighted by Crippen LogP contribution is -2.23. The monoisotopic (exact) mass is 428 g/mol. The molecule has 0 aromatic heterocycles. The molecule has 0 bridgehead atoms. The third-order valence-electron chi connectivity index (χ3n) is 5.10. The average Bonchev–Trinajstić information content (AvgIpc) is 2.83. The Hall–Kier alpha value is -2.75. The van der Waals surface area contributed by atoms with Crippen LogP contribution >= 0.6 is 0 Å². The molecule has 30 heavy (non-hydrogen) atoms. The second kappa shape index (κ2) is 9.38. The van der Waals surface area contributed by atoms with Crippen LogP contribution in [-0.4, -0.2) is 11.2 Å². The summed E-state index contributed by atoms with van der Waals surface area (Å²) in [4.78, 5) is 5.21. The van der Waals surface area contributed by atoms with Gasteiger partial charge in [-0.15, -0.1) is 0 Å². The molecular formula is C27H26NS2+. The normalized spacial score (nSPS) is 11.3. The molecule has 0 radical (unpaired) electrons. The maximum absolute atomic E-state index is 5.19. The first-order valence-corrected chi connectivity index (χ1v) is 12.8. The van der Waals surface area contributed by atoms with Crippen molar-refractivity contribution in [2.45, 2.75) is 26.5 Å². The summed E-state index contributed by atoms with van der Waals surface area (Å²) in [6.45, 7) is 2.31. The lowest BCUT2D eigenvalue weighted by molar-refractivity contribution is 1.34. The molecule has 3 heteroatoms. The molecular weight excluding hydrogens is 402 g/mol. The van der Waals surface area contributed by atoms with E-state index in [1.54, 1.807) is 0 Å². The Kier molecular flexibility index (Phi) is 6.41. The Morgan fingerprint density at radius 1 is 0.567 bits per heavy atom. The van der Waals surface area contributed by atoms with E-state index in [9.17, 15) is 0 Å². The topological polar surface area (TPSA) is 12.4 Å². The second-order valence-electron chi connectivity index (χ2n) is 6.81. The molecule has 0 heterocycles. The maximum atomic E-state index is 5.19. The number of nitrogens with zero attached hydrogens (tertiary/aromatic N) is 1. The molecule has 0 aliphatic heterocycles. The first kappa shape index (κ1) is 20.5. The number of rotatable bonds is 4. The first-order valence-electron chi connectivity index (χ1n) is 10.00. The standard InChI is InChI=1S/C27H26NS2/c1-23(29(24-15-7-3-8-16-24)25-17-9-4-10-18-25)30(28-2,26-19-11-5-12-20-26)27-21-13-6-14-22-27/h3-22H,1-2H3/q+1. The van der Waals surface area contributed by atoms with Crippen LogP contribution in [0.25, 0.3) is 0 Å². The molecule has 4 rings (SSSR count). The summed E-state index contributed by atoms with van der Waals surface area (Å²) in [7, 11) is 0.0642. The highest BCUT2D eigenvalue weighted by Gasteiger charge is 2.34. The van der Waals surface area contributed by atoms with Crippen molar-refractivity contribution in [2.75, 3.05) is 7.05 Å². The van der Waals surface area contributed by atoms with Crippen LogP contribution in [0.1, 0.15) is 6.92 Å². The second-order valence-corrected chi connectivity index (χ2v) is 12.3. The minimum atomic E-state index is -1.71. The zero-order valence-electron chi connectivity index (χ0n) is 17.3. The molecule has 0 fully saturated rings. The van der Waals surface area contributed by atoms with Gasteiger partial charge < -0.3 is 0 Å². The van der Waals surface area contributed by atoms with Crippen molar-refractivity contribution < 1.29 is 0 Å². The molecule has 0 saturated heterocycles. The van der Waals surface area contributed by atoms with Gasteiger partial charge in [-0.05, 0) is 57.9 Å². The Morgan fingerprint density at radius 3 is 1.23 bits per heavy atom. The highest BCUT2D eigenvalue weighted by atomic mass is 32.3. The Bertz CT molecular complexity index is 1120. The highest BCUT2D eigenvalue weighted by Crippen LogP contribution is 2.33. The van der Waals surface area contributed by atoms with E-state index in [0.717, 1.165) is 0 Å². The lowest BCUT2D eigenvalue weighted by atomic mass is 10.4. The minimum Gasteiger partial charge on any atom is -0.261 e. The van der Waals surface area contributed by atoms with Gasteiger partial charge in [-0.1, -0.05) is 72.8 Å². The summed E-state index contributed by atoms with van der Waals surface area (Å²) in [6, 6.07) is 43.3. The average molecular weight is 429 g/mol. The van der Waals surface area contributed by atoms with E-state index in [4.69, 9.17) is 4.36 Å². The van der Waals surface area contributed by atoms with Gasteiger partial charge in [0.05, 0.1) is 0 Å². The Balaban J connectivity index is 2.13. The summed E-state index contributed by atoms with van der Waals surface area (Å²) >= 11 is 0. The largest absolute Gasteiger partial charge is 0.261 e. The molecule has 4 aromatic carbocycles. The van der Waals surface area contributed by atoms with Crippen molar-refractivity contribution in [3.8, 4) is 0 Å². The summed E-state index contributed by atoms with van der Waals surface area (Å²) < 4.78 is 6.59. The fourth-order valence-electron chi connectivity index (χ4n) is 3.74. The summed E-state index contributed by atoms with van der Waals surface area (Å²) in [5, 5.41) is 0. The molecule has 1 nitrogen and oxygen atoms in total. The lowest BCUT2D eigenvalue weighted by Gasteiger charge is -2.21. The molecule has 0 N–H and O–H groups in total. The van der Waals surface area contributed by atoms with Gasteiger partial charge in [0, 0.05) is 23.8 Å². The van der Waals surface area contributed by atoms with Crippen molar-refractivity contribution in [1.82, 2.24) is 0 Å². The van der Waals surface area contributed by atoms with E-state index in [-0.39, 0.29) is 10.9 Å². The fraction of sp³-hybridized carbons (Fsp3) is 0.0741. The van der Waals surface area contributed by atoms with Gasteiger partial charge >= 0.3 is 0 Å². The van der Waals surface area contributed by atoms with Gasteiger partial charge in [-0.25, -0.2) is 0 Å². The predicted molar refractivity (Wildman–Crippen MR) is 133 cm³/mol. The molecule has 0 aliphatic carbocycles. The number of benzene rings is 4. The number of hydrogen-bond acceptors (Lipinski definition) is 1. The fourth-order valence-corrected chi connectivity index (χ4v) is 10.6. The van der Waals surface area contributed by atoms with E-state index in [0.29, 0.717) is 0 Å². The predicted octanol–water partition coefficient (Wildman–Crippen LogP) is 6.96. The zero-order chi connectivity index (χ0) is 20.8. The molecule has 0 amide bonds. The minimum absolute atomic E-state index is 0.206. The van der Waals surface area contributed by atoms with Crippen molar-refractivity contribution in [1.29, 1.82) is 0 Å². The van der Waals surface area contributed by atoms with Crippen LogP contribution in [0.15, 0.2) is 145 Å². The van der Waals surface area contributed by atoms with Crippen molar-refractivity contribution in [3.05, 3.63) is 121 Å². The van der Waals surface area contributed by atoms with Gasteiger partial charge in [-0.3, -0.25) is 4.36 Å². The molecule has 150 valence electrons. The smallest absolute Gasteiger partial charge is 0.182 e. The van der Waals surface area contributed by atoms with Crippen LogP contribution in [-0.2, 0) is 20.3 Å². The van der Waals surface area contributed by atoms with E-state index in [2.05, 4.69) is 128 Å². The van der Waals surface area contributed by atoms with Crippen LogP contribution in [0.3, 0.4) is 0 Å². The molecule has 4 aromatic rings. The van der Waals surface area contributed by atoms with Crippen molar-refractivity contribution in [2.24, 2.45) is 4.36 Å². The third-order valence-corrected chi connectivity index (χ3v) is 11.7. The van der Waals surface area contributed by atoms with Crippen LogP contribution in [0.2, 0.25) is 0 Å². The van der Waals surface area contributed by atoms with E-state index in [1.807, 2.05) is 7.05 Å². The molecule has 0 unspecified atom stereocenters. The Labute approximate surface area is 183 Å². The SMILES string of the molecule is CN=S(=C(C)[S+](c1ccccc1)c1ccccc1)(c1ccccc1)c1ccccc1. The zero-order valence-corrected chi connectivity index (χ0v) is 18.9. The quantitative estimate of drug-likeness (QED) is 0.246. The van der Waals surface area contributed by atoms with E-state index < -0.39 is 9.41 Å². The van der Waals surface area contributed by atoms with Crippen LogP contribution in [0, 0.1) is 0 Å². The molecule has 0 aliphatic rings. The molecule has 0 saturated carbocycles. The summed E-state index contributed by atoms with van der Waals surface area (Å²) in [5.41, 5.74) is 0. The first-order chi connectivity index (χ1) is 14.8. The van der Waals surface area contributed by atoms with E-state index >= 15 is 0 Å². The molecule has 0 spiro atoms. The van der Waals surface area contributed by atoms with Gasteiger partial charge in [0.2, 0.25) is 0 Å². The maximum Gasteiger partial charge on any atom is 0.182 e. The van der Waals surface area contributed by atoms with Crippen LogP contribution in [0.5, 0.6) is 0 Å². The van der Waals surface area contributed by atoms with Gasteiger partial charge in [0.25, 0.3) is 0 Å². The van der Waals surface area contributed by atoms with Gasteiger partial charge in [0.15, 0.2) is 14.0 Å². The Morgan fingerprint density at radius 2 is 0.900 bits per heavy atom. The van der Waals surface area contributed by atoms with E-state index in [1.165, 1.54) is 23.8 Å². The van der Waals surface area contributed by atoms with Crippen LogP contribution in [0.4, 0.5) is 0 Å². The molecule has 0 atom stereocenters. The van der Waals surface area contributed by atoms with Gasteiger partial charge in [0.1, 0.15) is 10.9 Å². The van der Waals surface area contributed by atoms with Crippen LogP contribution < -0.4 is 0 Å². The summed E-state index contributed by atoms with van der Waals surface area (Å²) in [5.74, 6) is 0. The summed E-state index contributed by atoms with van der Waals surface area (Å²) in [6.07, 6.45) is 0. The third kappa shape index (κ3) is 3.83.